The highest BCUT2D eigenvalue weighted by atomic mass is 16.3. The van der Waals surface area contributed by atoms with E-state index in [2.05, 4.69) is 6.58 Å². The first kappa shape index (κ1) is 4.19. The Balaban J connectivity index is 2.96. The van der Waals surface area contributed by atoms with E-state index >= 15 is 0 Å². The maximum absolute atomic E-state index is 4.73. The molecule has 0 saturated carbocycles. The Kier molecular flexibility index (Phi) is 0.984. The summed E-state index contributed by atoms with van der Waals surface area (Å²) < 4.78 is 4.73. The van der Waals surface area contributed by atoms with Gasteiger partial charge in [-0.25, -0.2) is 0 Å². The molecule has 0 N–H and O–H groups in total. The van der Waals surface area contributed by atoms with Gasteiger partial charge in [-0.05, 0) is 6.07 Å². The van der Waals surface area contributed by atoms with E-state index in [0.717, 1.165) is 5.56 Å². The Bertz CT molecular complexity index is 139. The molecule has 0 aliphatic heterocycles. The third-order valence-electron chi connectivity index (χ3n) is 0.779. The highest BCUT2D eigenvalue weighted by Crippen LogP contribution is 1.98. The molecule has 0 saturated heterocycles. The molecule has 1 aromatic rings. The maximum Gasteiger partial charge on any atom is 0.0974 e. The zero-order valence-corrected chi connectivity index (χ0v) is 3.92. The Morgan fingerprint density at radius 3 is 2.86 bits per heavy atom. The SMILES string of the molecule is C=Cc1ccoc1. The van der Waals surface area contributed by atoms with Crippen LogP contribution in [0.1, 0.15) is 5.56 Å². The molecule has 0 fully saturated rings. The Labute approximate surface area is 42.3 Å². The van der Waals surface area contributed by atoms with Crippen molar-refractivity contribution >= 4 is 6.08 Å². The molecule has 0 amide bonds. The van der Waals surface area contributed by atoms with Crippen molar-refractivity contribution in [3.63, 3.8) is 0 Å². The van der Waals surface area contributed by atoms with E-state index in [4.69, 9.17) is 4.42 Å². The average Bonchev–Trinajstić information content (AvgIpc) is 2.14. The molecule has 1 heteroatoms. The van der Waals surface area contributed by atoms with Crippen molar-refractivity contribution in [1.82, 2.24) is 0 Å². The van der Waals surface area contributed by atoms with Gasteiger partial charge in [0.05, 0.1) is 12.5 Å². The molecule has 0 bridgehead atoms. The largest absolute Gasteiger partial charge is 0.472 e. The average molecular weight is 94.1 g/mol. The molecule has 0 aromatic carbocycles. The van der Waals surface area contributed by atoms with Crippen LogP contribution in [0, 0.1) is 0 Å². The normalized spacial score (nSPS) is 8.57. The smallest absolute Gasteiger partial charge is 0.0974 e. The lowest BCUT2D eigenvalue weighted by Gasteiger charge is -1.69. The second-order valence-corrected chi connectivity index (χ2v) is 1.26. The lowest BCUT2D eigenvalue weighted by molar-refractivity contribution is 0.567. The van der Waals surface area contributed by atoms with E-state index in [1.807, 2.05) is 6.07 Å². The quantitative estimate of drug-likeness (QED) is 0.518. The first-order valence-electron chi connectivity index (χ1n) is 2.08. The summed E-state index contributed by atoms with van der Waals surface area (Å²) in [7, 11) is 0. The monoisotopic (exact) mass is 94.0 g/mol. The van der Waals surface area contributed by atoms with E-state index in [1.54, 1.807) is 18.6 Å². The van der Waals surface area contributed by atoms with E-state index in [0.29, 0.717) is 0 Å². The van der Waals surface area contributed by atoms with Crippen LogP contribution in [0.3, 0.4) is 0 Å². The van der Waals surface area contributed by atoms with Crippen LogP contribution in [-0.2, 0) is 0 Å². The zero-order chi connectivity index (χ0) is 5.11. The predicted molar refractivity (Wildman–Crippen MR) is 28.8 cm³/mol. The van der Waals surface area contributed by atoms with Crippen molar-refractivity contribution in [2.75, 3.05) is 0 Å². The lowest BCUT2D eigenvalue weighted by atomic mass is 10.3. The fourth-order valence-corrected chi connectivity index (χ4v) is 0.391. The van der Waals surface area contributed by atoms with Crippen LogP contribution in [0.4, 0.5) is 0 Å². The minimum atomic E-state index is 1.03. The molecular weight excluding hydrogens is 88.1 g/mol. The zero-order valence-electron chi connectivity index (χ0n) is 3.92. The number of hydrogen-bond donors (Lipinski definition) is 0. The lowest BCUT2D eigenvalue weighted by Crippen LogP contribution is -1.50. The van der Waals surface area contributed by atoms with Gasteiger partial charge in [0, 0.05) is 5.56 Å². The van der Waals surface area contributed by atoms with Crippen LogP contribution in [0.15, 0.2) is 29.6 Å². The second kappa shape index (κ2) is 1.65. The van der Waals surface area contributed by atoms with Gasteiger partial charge < -0.3 is 4.42 Å². The van der Waals surface area contributed by atoms with Crippen LogP contribution in [0.25, 0.3) is 6.08 Å². The predicted octanol–water partition coefficient (Wildman–Crippen LogP) is 1.92. The van der Waals surface area contributed by atoms with Gasteiger partial charge in [0.25, 0.3) is 0 Å². The maximum atomic E-state index is 4.73. The van der Waals surface area contributed by atoms with Gasteiger partial charge in [0.15, 0.2) is 0 Å². The van der Waals surface area contributed by atoms with Gasteiger partial charge >= 0.3 is 0 Å². The topological polar surface area (TPSA) is 13.1 Å². The van der Waals surface area contributed by atoms with Crippen molar-refractivity contribution in [2.45, 2.75) is 0 Å². The summed E-state index contributed by atoms with van der Waals surface area (Å²) in [5.41, 5.74) is 1.03. The number of hydrogen-bond acceptors (Lipinski definition) is 1. The molecule has 1 rings (SSSR count). The van der Waals surface area contributed by atoms with Gasteiger partial charge in [0.1, 0.15) is 0 Å². The summed E-state index contributed by atoms with van der Waals surface area (Å²) in [6.45, 7) is 3.54. The Morgan fingerprint density at radius 1 is 1.71 bits per heavy atom. The molecule has 0 aliphatic carbocycles. The van der Waals surface area contributed by atoms with Gasteiger partial charge in [0.2, 0.25) is 0 Å². The van der Waals surface area contributed by atoms with E-state index in [-0.39, 0.29) is 0 Å². The standard InChI is InChI=1S/C6H6O/c1-2-6-3-4-7-5-6/h2-5H,1H2. The first-order valence-corrected chi connectivity index (χ1v) is 2.08. The summed E-state index contributed by atoms with van der Waals surface area (Å²) in [6, 6.07) is 1.85. The summed E-state index contributed by atoms with van der Waals surface area (Å²) in [5.74, 6) is 0. The molecule has 1 heterocycles. The summed E-state index contributed by atoms with van der Waals surface area (Å²) in [4.78, 5) is 0. The Morgan fingerprint density at radius 2 is 2.57 bits per heavy atom. The molecule has 0 aliphatic rings. The summed E-state index contributed by atoms with van der Waals surface area (Å²) in [6.07, 6.45) is 5.01. The van der Waals surface area contributed by atoms with Gasteiger partial charge in [-0.3, -0.25) is 0 Å². The third-order valence-corrected chi connectivity index (χ3v) is 0.779. The summed E-state index contributed by atoms with van der Waals surface area (Å²) >= 11 is 0. The van der Waals surface area contributed by atoms with Crippen LogP contribution < -0.4 is 0 Å². The fraction of sp³-hybridized carbons (Fsp3) is 0. The van der Waals surface area contributed by atoms with Crippen LogP contribution in [0.2, 0.25) is 0 Å². The molecule has 1 nitrogen and oxygen atoms in total. The van der Waals surface area contributed by atoms with Crippen LogP contribution in [-0.4, -0.2) is 0 Å². The molecule has 1 aromatic heterocycles. The number of rotatable bonds is 1. The fourth-order valence-electron chi connectivity index (χ4n) is 0.391. The van der Waals surface area contributed by atoms with Gasteiger partial charge in [-0.1, -0.05) is 12.7 Å². The van der Waals surface area contributed by atoms with Crippen molar-refractivity contribution in [2.24, 2.45) is 0 Å². The molecule has 36 valence electrons. The van der Waals surface area contributed by atoms with Crippen LogP contribution >= 0.6 is 0 Å². The molecule has 0 unspecified atom stereocenters. The minimum absolute atomic E-state index is 1.03. The van der Waals surface area contributed by atoms with E-state index in [9.17, 15) is 0 Å². The summed E-state index contributed by atoms with van der Waals surface area (Å²) in [5, 5.41) is 0. The second-order valence-electron chi connectivity index (χ2n) is 1.26. The van der Waals surface area contributed by atoms with Crippen molar-refractivity contribution in [3.05, 3.63) is 30.7 Å². The van der Waals surface area contributed by atoms with Gasteiger partial charge in [-0.2, -0.15) is 0 Å². The highest BCUT2D eigenvalue weighted by molar-refractivity contribution is 5.43. The van der Waals surface area contributed by atoms with Gasteiger partial charge in [-0.15, -0.1) is 0 Å². The number of furan rings is 1. The van der Waals surface area contributed by atoms with E-state index in [1.165, 1.54) is 0 Å². The molecule has 7 heavy (non-hydrogen) atoms. The molecule has 0 spiro atoms. The third kappa shape index (κ3) is 0.712. The minimum Gasteiger partial charge on any atom is -0.472 e. The Hall–Kier alpha value is -0.980. The first-order chi connectivity index (χ1) is 3.43. The molecule has 0 radical (unpaired) electrons. The van der Waals surface area contributed by atoms with Crippen LogP contribution in [0.5, 0.6) is 0 Å². The molecule has 0 atom stereocenters. The van der Waals surface area contributed by atoms with Crippen molar-refractivity contribution < 1.29 is 4.42 Å². The highest BCUT2D eigenvalue weighted by Gasteiger charge is 1.79. The van der Waals surface area contributed by atoms with Crippen molar-refractivity contribution in [3.8, 4) is 0 Å². The molecular formula is C6H6O. The van der Waals surface area contributed by atoms with E-state index < -0.39 is 0 Å². The van der Waals surface area contributed by atoms with Crippen molar-refractivity contribution in [1.29, 1.82) is 0 Å².